The first-order chi connectivity index (χ1) is 13.6. The van der Waals surface area contributed by atoms with Crippen molar-refractivity contribution in [3.05, 3.63) is 17.7 Å². The number of esters is 1. The topological polar surface area (TPSA) is 81.7 Å². The van der Waals surface area contributed by atoms with Crippen LogP contribution in [0.1, 0.15) is 23.7 Å². The summed E-state index contributed by atoms with van der Waals surface area (Å²) in [5.74, 6) is 0.445. The van der Waals surface area contributed by atoms with E-state index < -0.39 is 11.7 Å². The van der Waals surface area contributed by atoms with Gasteiger partial charge in [0, 0.05) is 21.3 Å². The standard InChI is InChI=1S/C19H29O8Si/c1-5-16(28)27-19(20)14-6-7-15(24-11-8-21-2)18(26-13-10-23-4)17(14)25-12-9-22-3/h6-7,16H,5,8-13H2,1-4H3. The Morgan fingerprint density at radius 1 is 0.857 bits per heavy atom. The predicted molar refractivity (Wildman–Crippen MR) is 104 cm³/mol. The van der Waals surface area contributed by atoms with Gasteiger partial charge in [0.2, 0.25) is 5.75 Å². The highest BCUT2D eigenvalue weighted by atomic mass is 28.1. The summed E-state index contributed by atoms with van der Waals surface area (Å²) in [7, 11) is 8.08. The smallest absolute Gasteiger partial charge is 0.341 e. The van der Waals surface area contributed by atoms with Gasteiger partial charge >= 0.3 is 5.97 Å². The van der Waals surface area contributed by atoms with Crippen LogP contribution in [-0.4, -0.2) is 82.9 Å². The van der Waals surface area contributed by atoms with Crippen LogP contribution in [0.5, 0.6) is 17.2 Å². The second-order valence-corrected chi connectivity index (χ2v) is 6.24. The number of carbonyl (C=O) groups excluding carboxylic acids is 1. The molecule has 1 unspecified atom stereocenters. The fourth-order valence-corrected chi connectivity index (χ4v) is 2.17. The van der Waals surface area contributed by atoms with E-state index in [0.29, 0.717) is 44.3 Å². The Bertz CT molecular complexity index is 581. The quantitative estimate of drug-likeness (QED) is 0.245. The molecule has 1 rings (SSSR count). The van der Waals surface area contributed by atoms with Gasteiger partial charge in [0.15, 0.2) is 11.5 Å². The fraction of sp³-hybridized carbons (Fsp3) is 0.632. The van der Waals surface area contributed by atoms with Crippen molar-refractivity contribution in [2.24, 2.45) is 0 Å². The number of ether oxygens (including phenoxy) is 7. The summed E-state index contributed by atoms with van der Waals surface area (Å²) in [6.07, 6.45) is 0.623. The average Bonchev–Trinajstić information content (AvgIpc) is 2.69. The number of rotatable bonds is 15. The van der Waals surface area contributed by atoms with Crippen molar-refractivity contribution in [2.75, 3.05) is 61.0 Å². The second kappa shape index (κ2) is 14.2. The van der Waals surface area contributed by atoms with Crippen LogP contribution in [0.15, 0.2) is 12.1 Å². The molecule has 0 fully saturated rings. The lowest BCUT2D eigenvalue weighted by Crippen LogP contribution is -2.19. The Morgan fingerprint density at radius 3 is 1.93 bits per heavy atom. The fourth-order valence-electron chi connectivity index (χ4n) is 2.06. The minimum absolute atomic E-state index is 0.226. The monoisotopic (exact) mass is 413 g/mol. The number of methoxy groups -OCH3 is 3. The van der Waals surface area contributed by atoms with Gasteiger partial charge in [0.25, 0.3) is 0 Å². The molecule has 1 aromatic rings. The van der Waals surface area contributed by atoms with E-state index in [1.54, 1.807) is 33.5 Å². The summed E-state index contributed by atoms with van der Waals surface area (Å²) in [6.45, 7) is 3.81. The average molecular weight is 414 g/mol. The molecule has 0 heterocycles. The Labute approximate surface area is 169 Å². The van der Waals surface area contributed by atoms with Crippen molar-refractivity contribution in [3.63, 3.8) is 0 Å². The maximum atomic E-state index is 12.6. The van der Waals surface area contributed by atoms with Crippen molar-refractivity contribution in [2.45, 2.75) is 19.1 Å². The van der Waals surface area contributed by atoms with Crippen LogP contribution >= 0.6 is 0 Å². The Kier molecular flexibility index (Phi) is 12.3. The molecule has 0 bridgehead atoms. The van der Waals surface area contributed by atoms with E-state index in [0.717, 1.165) is 0 Å². The van der Waals surface area contributed by atoms with Crippen LogP contribution in [0.3, 0.4) is 0 Å². The number of hydrogen-bond acceptors (Lipinski definition) is 8. The van der Waals surface area contributed by atoms with Crippen molar-refractivity contribution in [3.8, 4) is 17.2 Å². The van der Waals surface area contributed by atoms with E-state index in [1.807, 2.05) is 6.92 Å². The molecule has 0 aliphatic carbocycles. The normalized spacial score (nSPS) is 11.8. The molecular weight excluding hydrogens is 384 g/mol. The molecule has 0 aliphatic rings. The lowest BCUT2D eigenvalue weighted by atomic mass is 10.1. The SMILES string of the molecule is CCC([Si])OC(=O)c1ccc(OCCOC)c(OCCOC)c1OCCOC. The molecule has 0 aliphatic heterocycles. The van der Waals surface area contributed by atoms with Gasteiger partial charge in [-0.1, -0.05) is 6.92 Å². The van der Waals surface area contributed by atoms with Crippen molar-refractivity contribution in [1.82, 2.24) is 0 Å². The van der Waals surface area contributed by atoms with Crippen LogP contribution in [0.4, 0.5) is 0 Å². The van der Waals surface area contributed by atoms with Gasteiger partial charge < -0.3 is 33.2 Å². The van der Waals surface area contributed by atoms with E-state index in [2.05, 4.69) is 10.2 Å². The van der Waals surface area contributed by atoms with Gasteiger partial charge in [-0.15, -0.1) is 0 Å². The largest absolute Gasteiger partial charge is 0.487 e. The number of benzene rings is 1. The first-order valence-electron chi connectivity index (χ1n) is 9.03. The molecule has 0 aromatic heterocycles. The van der Waals surface area contributed by atoms with Crippen LogP contribution in [0, 0.1) is 0 Å². The molecule has 9 heteroatoms. The van der Waals surface area contributed by atoms with Crippen molar-refractivity contribution < 1.29 is 38.0 Å². The second-order valence-electron chi connectivity index (χ2n) is 5.60. The minimum atomic E-state index is -0.533. The van der Waals surface area contributed by atoms with E-state index in [4.69, 9.17) is 33.2 Å². The van der Waals surface area contributed by atoms with Gasteiger partial charge in [0.1, 0.15) is 25.4 Å². The van der Waals surface area contributed by atoms with E-state index in [-0.39, 0.29) is 24.5 Å². The minimum Gasteiger partial charge on any atom is -0.487 e. The molecule has 28 heavy (non-hydrogen) atoms. The molecule has 157 valence electrons. The maximum absolute atomic E-state index is 12.6. The molecule has 0 amide bonds. The zero-order chi connectivity index (χ0) is 20.8. The molecule has 3 radical (unpaired) electrons. The van der Waals surface area contributed by atoms with Gasteiger partial charge in [-0.3, -0.25) is 0 Å². The summed E-state index contributed by atoms with van der Waals surface area (Å²) in [5.41, 5.74) is -0.172. The number of carbonyl (C=O) groups is 1. The predicted octanol–water partition coefficient (Wildman–Crippen LogP) is 1.82. The first kappa shape index (κ1) is 24.2. The van der Waals surface area contributed by atoms with E-state index in [1.165, 1.54) is 0 Å². The molecular formula is C19H29O8Si. The third-order valence-electron chi connectivity index (χ3n) is 3.53. The Morgan fingerprint density at radius 2 is 1.39 bits per heavy atom. The molecule has 1 atom stereocenters. The van der Waals surface area contributed by atoms with Crippen LogP contribution in [0.25, 0.3) is 0 Å². The summed E-state index contributed by atoms with van der Waals surface area (Å²) < 4.78 is 37.8. The molecule has 8 nitrogen and oxygen atoms in total. The van der Waals surface area contributed by atoms with Crippen LogP contribution in [-0.2, 0) is 18.9 Å². The zero-order valence-electron chi connectivity index (χ0n) is 16.9. The highest BCUT2D eigenvalue weighted by Crippen LogP contribution is 2.41. The third-order valence-corrected chi connectivity index (χ3v) is 4.05. The Balaban J connectivity index is 3.23. The van der Waals surface area contributed by atoms with Crippen LogP contribution in [0.2, 0.25) is 0 Å². The van der Waals surface area contributed by atoms with Crippen molar-refractivity contribution in [1.29, 1.82) is 0 Å². The lowest BCUT2D eigenvalue weighted by molar-refractivity contribution is 0.0434. The van der Waals surface area contributed by atoms with Gasteiger partial charge in [-0.05, 0) is 18.6 Å². The maximum Gasteiger partial charge on any atom is 0.341 e. The van der Waals surface area contributed by atoms with Gasteiger partial charge in [0.05, 0.1) is 35.8 Å². The highest BCUT2D eigenvalue weighted by Gasteiger charge is 2.24. The summed E-state index contributed by atoms with van der Waals surface area (Å²) in [5, 5.41) is 0. The van der Waals surface area contributed by atoms with Crippen LogP contribution < -0.4 is 14.2 Å². The summed E-state index contributed by atoms with van der Waals surface area (Å²) in [6, 6.07) is 3.23. The Hall–Kier alpha value is -1.81. The molecule has 0 saturated carbocycles. The third kappa shape index (κ3) is 8.05. The van der Waals surface area contributed by atoms with E-state index >= 15 is 0 Å². The summed E-state index contributed by atoms with van der Waals surface area (Å²) in [4.78, 5) is 12.6. The van der Waals surface area contributed by atoms with Gasteiger partial charge in [-0.25, -0.2) is 4.79 Å². The van der Waals surface area contributed by atoms with E-state index in [9.17, 15) is 4.79 Å². The first-order valence-corrected chi connectivity index (χ1v) is 9.61. The lowest BCUT2D eigenvalue weighted by Gasteiger charge is -2.20. The molecule has 0 saturated heterocycles. The molecule has 0 spiro atoms. The van der Waals surface area contributed by atoms with Gasteiger partial charge in [-0.2, -0.15) is 0 Å². The van der Waals surface area contributed by atoms with Crippen molar-refractivity contribution >= 4 is 16.2 Å². The highest BCUT2D eigenvalue weighted by molar-refractivity contribution is 6.12. The zero-order valence-corrected chi connectivity index (χ0v) is 17.9. The summed E-state index contributed by atoms with van der Waals surface area (Å²) >= 11 is 0. The molecule has 0 N–H and O–H groups in total. The number of hydrogen-bond donors (Lipinski definition) is 0. The molecule has 1 aromatic carbocycles.